The van der Waals surface area contributed by atoms with Crippen molar-refractivity contribution in [2.24, 2.45) is 11.3 Å². The van der Waals surface area contributed by atoms with Crippen LogP contribution in [-0.4, -0.2) is 11.2 Å². The third-order valence-corrected chi connectivity index (χ3v) is 5.91. The van der Waals surface area contributed by atoms with Crippen molar-refractivity contribution < 1.29 is 5.11 Å². The molecule has 0 aromatic rings. The molecule has 0 spiro atoms. The monoisotopic (exact) mass is 272 g/mol. The SMILES string of the molecule is CC1=C(/C=C/C2=CCC[C@]3(C)CCC[C@@H]23)C[C@@H](O)CC1. The van der Waals surface area contributed by atoms with Crippen LogP contribution in [0.4, 0.5) is 0 Å². The number of hydrogen-bond acceptors (Lipinski definition) is 1. The minimum Gasteiger partial charge on any atom is -0.393 e. The molecule has 3 aliphatic carbocycles. The Labute approximate surface area is 123 Å². The normalized spacial score (nSPS) is 38.2. The third-order valence-electron chi connectivity index (χ3n) is 5.91. The van der Waals surface area contributed by atoms with Gasteiger partial charge in [-0.15, -0.1) is 0 Å². The summed E-state index contributed by atoms with van der Waals surface area (Å²) in [6.07, 6.45) is 16.6. The van der Waals surface area contributed by atoms with Gasteiger partial charge in [0.1, 0.15) is 0 Å². The Kier molecular flexibility index (Phi) is 3.90. The lowest BCUT2D eigenvalue weighted by Gasteiger charge is -2.36. The molecular weight excluding hydrogens is 244 g/mol. The summed E-state index contributed by atoms with van der Waals surface area (Å²) in [6, 6.07) is 0. The van der Waals surface area contributed by atoms with Crippen LogP contribution in [0.1, 0.15) is 65.2 Å². The predicted octanol–water partition coefficient (Wildman–Crippen LogP) is 4.93. The van der Waals surface area contributed by atoms with E-state index in [4.69, 9.17) is 0 Å². The largest absolute Gasteiger partial charge is 0.393 e. The maximum Gasteiger partial charge on any atom is 0.0583 e. The summed E-state index contributed by atoms with van der Waals surface area (Å²) in [7, 11) is 0. The molecule has 20 heavy (non-hydrogen) atoms. The Morgan fingerprint density at radius 1 is 1.25 bits per heavy atom. The van der Waals surface area contributed by atoms with Gasteiger partial charge in [0, 0.05) is 0 Å². The zero-order valence-electron chi connectivity index (χ0n) is 13.0. The standard InChI is InChI=1S/C19H28O/c1-14-7-10-17(20)13-16(14)9-8-15-5-3-11-19(2)12-4-6-18(15)19/h5,8-9,17-18,20H,3-4,6-7,10-13H2,1-2H3/b9-8+/t17-,18-,19+/m0/s1. The summed E-state index contributed by atoms with van der Waals surface area (Å²) in [5, 5.41) is 9.84. The molecule has 3 rings (SSSR count). The van der Waals surface area contributed by atoms with Gasteiger partial charge in [-0.3, -0.25) is 0 Å². The second kappa shape index (κ2) is 5.52. The first-order chi connectivity index (χ1) is 9.58. The minimum absolute atomic E-state index is 0.129. The zero-order chi connectivity index (χ0) is 14.2. The molecule has 1 N–H and O–H groups in total. The molecule has 3 aliphatic rings. The van der Waals surface area contributed by atoms with E-state index in [2.05, 4.69) is 32.1 Å². The van der Waals surface area contributed by atoms with Crippen LogP contribution in [0.5, 0.6) is 0 Å². The first-order valence-corrected chi connectivity index (χ1v) is 8.33. The number of aliphatic hydroxyl groups excluding tert-OH is 1. The maximum atomic E-state index is 9.84. The molecule has 1 saturated carbocycles. The summed E-state index contributed by atoms with van der Waals surface area (Å²) in [5.74, 6) is 0.780. The fourth-order valence-corrected chi connectivity index (χ4v) is 4.48. The molecule has 0 amide bonds. The first kappa shape index (κ1) is 14.1. The maximum absolute atomic E-state index is 9.84. The van der Waals surface area contributed by atoms with Gasteiger partial charge >= 0.3 is 0 Å². The molecule has 0 heterocycles. The molecule has 0 unspecified atom stereocenters. The smallest absolute Gasteiger partial charge is 0.0583 e. The summed E-state index contributed by atoms with van der Waals surface area (Å²) in [5.41, 5.74) is 4.97. The molecule has 3 atom stereocenters. The summed E-state index contributed by atoms with van der Waals surface area (Å²) < 4.78 is 0. The van der Waals surface area contributed by atoms with Crippen molar-refractivity contribution in [1.82, 2.24) is 0 Å². The van der Waals surface area contributed by atoms with Crippen LogP contribution < -0.4 is 0 Å². The van der Waals surface area contributed by atoms with Crippen LogP contribution in [-0.2, 0) is 0 Å². The predicted molar refractivity (Wildman–Crippen MR) is 84.5 cm³/mol. The lowest BCUT2D eigenvalue weighted by molar-refractivity contribution is 0.159. The van der Waals surface area contributed by atoms with E-state index in [0.29, 0.717) is 5.41 Å². The highest BCUT2D eigenvalue weighted by atomic mass is 16.3. The number of hydrogen-bond donors (Lipinski definition) is 1. The summed E-state index contributed by atoms with van der Waals surface area (Å²) >= 11 is 0. The van der Waals surface area contributed by atoms with Gasteiger partial charge in [0.15, 0.2) is 0 Å². The number of rotatable bonds is 2. The zero-order valence-corrected chi connectivity index (χ0v) is 13.0. The fraction of sp³-hybridized carbons (Fsp3) is 0.684. The lowest BCUT2D eigenvalue weighted by Crippen LogP contribution is -2.25. The van der Waals surface area contributed by atoms with Crippen molar-refractivity contribution in [3.05, 3.63) is 34.9 Å². The second-order valence-electron chi connectivity index (χ2n) is 7.38. The Balaban J connectivity index is 1.77. The molecule has 1 nitrogen and oxygen atoms in total. The van der Waals surface area contributed by atoms with Crippen LogP contribution in [0, 0.1) is 11.3 Å². The number of fused-ring (bicyclic) bond motifs is 1. The van der Waals surface area contributed by atoms with Crippen molar-refractivity contribution >= 4 is 0 Å². The molecule has 0 aromatic carbocycles. The van der Waals surface area contributed by atoms with Crippen molar-refractivity contribution in [3.8, 4) is 0 Å². The van der Waals surface area contributed by atoms with Gasteiger partial charge in [-0.05, 0) is 74.3 Å². The van der Waals surface area contributed by atoms with Crippen molar-refractivity contribution in [3.63, 3.8) is 0 Å². The van der Waals surface area contributed by atoms with E-state index in [1.165, 1.54) is 43.3 Å². The van der Waals surface area contributed by atoms with Gasteiger partial charge < -0.3 is 5.11 Å². The lowest BCUT2D eigenvalue weighted by atomic mass is 9.69. The van der Waals surface area contributed by atoms with E-state index in [9.17, 15) is 5.11 Å². The molecule has 110 valence electrons. The Hall–Kier alpha value is -0.820. The molecule has 0 bridgehead atoms. The van der Waals surface area contributed by atoms with E-state index in [1.807, 2.05) is 0 Å². The van der Waals surface area contributed by atoms with Gasteiger partial charge in [-0.1, -0.05) is 37.1 Å². The molecule has 0 aromatic heterocycles. The first-order valence-electron chi connectivity index (χ1n) is 8.33. The van der Waals surface area contributed by atoms with Gasteiger partial charge in [-0.25, -0.2) is 0 Å². The van der Waals surface area contributed by atoms with Crippen LogP contribution in [0.25, 0.3) is 0 Å². The Morgan fingerprint density at radius 3 is 2.95 bits per heavy atom. The summed E-state index contributed by atoms with van der Waals surface area (Å²) in [6.45, 7) is 4.71. The minimum atomic E-state index is -0.129. The Morgan fingerprint density at radius 2 is 2.10 bits per heavy atom. The van der Waals surface area contributed by atoms with E-state index >= 15 is 0 Å². The van der Waals surface area contributed by atoms with Crippen molar-refractivity contribution in [1.29, 1.82) is 0 Å². The van der Waals surface area contributed by atoms with Crippen molar-refractivity contribution in [2.75, 3.05) is 0 Å². The van der Waals surface area contributed by atoms with Gasteiger partial charge in [-0.2, -0.15) is 0 Å². The Bertz CT molecular complexity index is 468. The van der Waals surface area contributed by atoms with Crippen LogP contribution in [0.3, 0.4) is 0 Å². The summed E-state index contributed by atoms with van der Waals surface area (Å²) in [4.78, 5) is 0. The highest BCUT2D eigenvalue weighted by Crippen LogP contribution is 2.52. The molecule has 1 heteroatoms. The van der Waals surface area contributed by atoms with Crippen LogP contribution in [0.15, 0.2) is 34.9 Å². The van der Waals surface area contributed by atoms with E-state index in [0.717, 1.165) is 25.2 Å². The van der Waals surface area contributed by atoms with E-state index in [-0.39, 0.29) is 6.10 Å². The average molecular weight is 272 g/mol. The molecular formula is C19H28O. The highest BCUT2D eigenvalue weighted by molar-refractivity contribution is 5.35. The van der Waals surface area contributed by atoms with E-state index < -0.39 is 0 Å². The number of aliphatic hydroxyl groups is 1. The molecule has 0 saturated heterocycles. The van der Waals surface area contributed by atoms with Crippen LogP contribution in [0.2, 0.25) is 0 Å². The van der Waals surface area contributed by atoms with Gasteiger partial charge in [0.2, 0.25) is 0 Å². The van der Waals surface area contributed by atoms with Crippen molar-refractivity contribution in [2.45, 2.75) is 71.3 Å². The second-order valence-corrected chi connectivity index (χ2v) is 7.38. The third kappa shape index (κ3) is 2.65. The van der Waals surface area contributed by atoms with Gasteiger partial charge in [0.25, 0.3) is 0 Å². The van der Waals surface area contributed by atoms with Crippen LogP contribution >= 0.6 is 0 Å². The average Bonchev–Trinajstić information content (AvgIpc) is 2.82. The molecule has 0 radical (unpaired) electrons. The highest BCUT2D eigenvalue weighted by Gasteiger charge is 2.41. The molecule has 1 fully saturated rings. The van der Waals surface area contributed by atoms with Gasteiger partial charge in [0.05, 0.1) is 6.10 Å². The molecule has 0 aliphatic heterocycles. The number of allylic oxidation sites excluding steroid dienone is 5. The topological polar surface area (TPSA) is 20.2 Å². The quantitative estimate of drug-likeness (QED) is 0.755. The fourth-order valence-electron chi connectivity index (χ4n) is 4.48. The van der Waals surface area contributed by atoms with E-state index in [1.54, 1.807) is 5.57 Å².